The molecule has 0 aliphatic rings. The Morgan fingerprint density at radius 1 is 1.19 bits per heavy atom. The van der Waals surface area contributed by atoms with Gasteiger partial charge in [0.05, 0.1) is 5.69 Å². The smallest absolute Gasteiger partial charge is 0.272 e. The predicted molar refractivity (Wildman–Crippen MR) is 129 cm³/mol. The van der Waals surface area contributed by atoms with Crippen LogP contribution in [-0.4, -0.2) is 34.7 Å². The maximum absolute atomic E-state index is 13.7. The number of aromatic nitrogens is 1. The minimum atomic E-state index is -0.799. The fourth-order valence-electron chi connectivity index (χ4n) is 3.49. The first-order valence-electron chi connectivity index (χ1n) is 10.8. The van der Waals surface area contributed by atoms with Crippen LogP contribution in [0, 0.1) is 19.8 Å². The summed E-state index contributed by atoms with van der Waals surface area (Å²) in [5.41, 5.74) is 13.7. The molecule has 0 saturated heterocycles. The van der Waals surface area contributed by atoms with E-state index in [0.29, 0.717) is 31.0 Å². The Labute approximate surface area is 193 Å². The summed E-state index contributed by atoms with van der Waals surface area (Å²) in [6, 6.07) is 4.95. The molecular weight excluding hydrogens is 426 g/mol. The van der Waals surface area contributed by atoms with E-state index >= 15 is 0 Å². The highest BCUT2D eigenvalue weighted by molar-refractivity contribution is 7.09. The summed E-state index contributed by atoms with van der Waals surface area (Å²) >= 11 is 0.815. The number of primary amides is 1. The zero-order valence-corrected chi connectivity index (χ0v) is 20.2. The molecule has 0 aliphatic carbocycles. The van der Waals surface area contributed by atoms with Crippen molar-refractivity contribution in [3.05, 3.63) is 39.9 Å². The van der Waals surface area contributed by atoms with Crippen LogP contribution in [0.4, 0.5) is 11.4 Å². The van der Waals surface area contributed by atoms with Crippen molar-refractivity contribution in [2.75, 3.05) is 17.2 Å². The number of amides is 3. The summed E-state index contributed by atoms with van der Waals surface area (Å²) in [5.74, 6) is -1.05. The van der Waals surface area contributed by atoms with E-state index in [0.717, 1.165) is 29.1 Å². The summed E-state index contributed by atoms with van der Waals surface area (Å²) in [4.78, 5) is 40.1. The van der Waals surface area contributed by atoms with Gasteiger partial charge in [0.1, 0.15) is 10.9 Å². The number of carbonyl (C=O) groups is 3. The predicted octanol–water partition coefficient (Wildman–Crippen LogP) is 3.42. The number of carbonyl (C=O) groups excluding carboxylic acids is 3. The highest BCUT2D eigenvalue weighted by Crippen LogP contribution is 2.31. The van der Waals surface area contributed by atoms with Gasteiger partial charge in [-0.25, -0.2) is 0 Å². The highest BCUT2D eigenvalue weighted by atomic mass is 32.1. The molecule has 32 heavy (non-hydrogen) atoms. The topological polar surface area (TPSA) is 131 Å². The molecule has 0 bridgehead atoms. The molecule has 0 saturated carbocycles. The molecule has 2 aromatic rings. The summed E-state index contributed by atoms with van der Waals surface area (Å²) < 4.78 is 3.96. The Morgan fingerprint density at radius 2 is 1.88 bits per heavy atom. The maximum atomic E-state index is 13.7. The second-order valence-corrected chi connectivity index (χ2v) is 9.15. The summed E-state index contributed by atoms with van der Waals surface area (Å²) in [7, 11) is 0. The van der Waals surface area contributed by atoms with Crippen molar-refractivity contribution >= 4 is 40.6 Å². The van der Waals surface area contributed by atoms with Gasteiger partial charge in [-0.1, -0.05) is 44.9 Å². The summed E-state index contributed by atoms with van der Waals surface area (Å²) in [6.45, 7) is 10.5. The van der Waals surface area contributed by atoms with Crippen LogP contribution in [0.1, 0.15) is 71.3 Å². The SMILES string of the molecule is CCCC(C(=O)NCCC(C)C)N(C(=O)c1snc(C(N)=O)c1N)c1ccc(C)cc1C. The van der Waals surface area contributed by atoms with E-state index in [1.54, 1.807) is 0 Å². The lowest BCUT2D eigenvalue weighted by atomic mass is 10.0. The Bertz CT molecular complexity index is 986. The number of nitrogen functional groups attached to an aromatic ring is 1. The zero-order valence-electron chi connectivity index (χ0n) is 19.4. The molecule has 0 radical (unpaired) electrons. The standard InChI is InChI=1S/C23H33N5O3S/c1-6-7-17(22(30)26-11-10-13(2)3)28(16-9-8-14(4)12-15(16)5)23(31)20-18(24)19(21(25)29)27-32-20/h8-9,12-13,17H,6-7,10-11,24H2,1-5H3,(H2,25,29)(H,26,30). The van der Waals surface area contributed by atoms with E-state index in [-0.39, 0.29) is 22.2 Å². The van der Waals surface area contributed by atoms with E-state index in [9.17, 15) is 14.4 Å². The van der Waals surface area contributed by atoms with Crippen LogP contribution >= 0.6 is 11.5 Å². The fourth-order valence-corrected chi connectivity index (χ4v) is 4.23. The van der Waals surface area contributed by atoms with E-state index in [2.05, 4.69) is 23.5 Å². The molecule has 174 valence electrons. The molecule has 1 unspecified atom stereocenters. The van der Waals surface area contributed by atoms with Crippen molar-refractivity contribution < 1.29 is 14.4 Å². The van der Waals surface area contributed by atoms with Gasteiger partial charge >= 0.3 is 0 Å². The van der Waals surface area contributed by atoms with Gasteiger partial charge in [-0.2, -0.15) is 4.37 Å². The lowest BCUT2D eigenvalue weighted by Gasteiger charge is -2.32. The van der Waals surface area contributed by atoms with Gasteiger partial charge in [-0.3, -0.25) is 19.3 Å². The minimum Gasteiger partial charge on any atom is -0.395 e. The molecule has 1 atom stereocenters. The Morgan fingerprint density at radius 3 is 2.41 bits per heavy atom. The Balaban J connectivity index is 2.54. The lowest BCUT2D eigenvalue weighted by molar-refractivity contribution is -0.122. The number of nitrogens with two attached hydrogens (primary N) is 2. The maximum Gasteiger partial charge on any atom is 0.272 e. The Kier molecular flexibility index (Phi) is 8.77. The number of rotatable bonds is 10. The average Bonchev–Trinajstić information content (AvgIpc) is 3.10. The molecule has 1 heterocycles. The fraction of sp³-hybridized carbons (Fsp3) is 0.478. The van der Waals surface area contributed by atoms with Crippen LogP contribution in [0.25, 0.3) is 0 Å². The molecule has 1 aromatic carbocycles. The van der Waals surface area contributed by atoms with Crippen molar-refractivity contribution in [1.29, 1.82) is 0 Å². The van der Waals surface area contributed by atoms with E-state index < -0.39 is 17.9 Å². The molecule has 2 rings (SSSR count). The van der Waals surface area contributed by atoms with E-state index in [1.165, 1.54) is 4.90 Å². The molecule has 8 nitrogen and oxygen atoms in total. The number of nitrogens with one attached hydrogen (secondary N) is 1. The van der Waals surface area contributed by atoms with E-state index in [1.807, 2.05) is 39.0 Å². The van der Waals surface area contributed by atoms with Crippen LogP contribution in [0.3, 0.4) is 0 Å². The van der Waals surface area contributed by atoms with Gasteiger partial charge in [0.2, 0.25) is 5.91 Å². The first kappa shape index (κ1) is 25.3. The highest BCUT2D eigenvalue weighted by Gasteiger charge is 2.35. The Hall–Kier alpha value is -2.94. The molecule has 5 N–H and O–H groups in total. The van der Waals surface area contributed by atoms with Crippen molar-refractivity contribution in [2.45, 2.75) is 59.9 Å². The number of anilines is 2. The van der Waals surface area contributed by atoms with Crippen LogP contribution in [-0.2, 0) is 4.79 Å². The van der Waals surface area contributed by atoms with Crippen molar-refractivity contribution in [3.63, 3.8) is 0 Å². The average molecular weight is 460 g/mol. The second kappa shape index (κ2) is 11.1. The van der Waals surface area contributed by atoms with Crippen molar-refractivity contribution in [3.8, 4) is 0 Å². The number of aryl methyl sites for hydroxylation is 2. The van der Waals surface area contributed by atoms with Gasteiger partial charge in [-0.05, 0) is 55.8 Å². The normalized spacial score (nSPS) is 11.9. The van der Waals surface area contributed by atoms with Crippen LogP contribution in [0.2, 0.25) is 0 Å². The van der Waals surface area contributed by atoms with Gasteiger partial charge in [0.15, 0.2) is 5.69 Å². The number of nitrogens with zero attached hydrogens (tertiary/aromatic N) is 2. The quantitative estimate of drug-likeness (QED) is 0.501. The zero-order chi connectivity index (χ0) is 24.0. The summed E-state index contributed by atoms with van der Waals surface area (Å²) in [5, 5.41) is 2.97. The second-order valence-electron chi connectivity index (χ2n) is 8.38. The number of benzene rings is 1. The number of hydrogen-bond donors (Lipinski definition) is 3. The van der Waals surface area contributed by atoms with Crippen LogP contribution in [0.5, 0.6) is 0 Å². The molecule has 0 fully saturated rings. The third kappa shape index (κ3) is 5.85. The van der Waals surface area contributed by atoms with Crippen molar-refractivity contribution in [1.82, 2.24) is 9.69 Å². The van der Waals surface area contributed by atoms with Crippen molar-refractivity contribution in [2.24, 2.45) is 11.7 Å². The molecule has 9 heteroatoms. The van der Waals surface area contributed by atoms with Gasteiger partial charge in [0.25, 0.3) is 11.8 Å². The minimum absolute atomic E-state index is 0.0577. The first-order chi connectivity index (χ1) is 15.1. The monoisotopic (exact) mass is 459 g/mol. The molecule has 0 spiro atoms. The molecular formula is C23H33N5O3S. The van der Waals surface area contributed by atoms with Gasteiger partial charge in [-0.15, -0.1) is 0 Å². The van der Waals surface area contributed by atoms with Crippen LogP contribution in [0.15, 0.2) is 18.2 Å². The largest absolute Gasteiger partial charge is 0.395 e. The molecule has 3 amide bonds. The van der Waals surface area contributed by atoms with Crippen LogP contribution < -0.4 is 21.7 Å². The first-order valence-corrected chi connectivity index (χ1v) is 11.6. The third-order valence-electron chi connectivity index (χ3n) is 5.18. The number of hydrogen-bond acceptors (Lipinski definition) is 6. The summed E-state index contributed by atoms with van der Waals surface area (Å²) in [6.07, 6.45) is 2.00. The van der Waals surface area contributed by atoms with Gasteiger partial charge < -0.3 is 16.8 Å². The lowest BCUT2D eigenvalue weighted by Crippen LogP contribution is -2.50. The van der Waals surface area contributed by atoms with E-state index in [4.69, 9.17) is 11.5 Å². The third-order valence-corrected chi connectivity index (χ3v) is 6.03. The molecule has 1 aromatic heterocycles. The van der Waals surface area contributed by atoms with Gasteiger partial charge in [0, 0.05) is 12.2 Å². The molecule has 0 aliphatic heterocycles.